The summed E-state index contributed by atoms with van der Waals surface area (Å²) in [5.74, 6) is -0.504. The van der Waals surface area contributed by atoms with Gasteiger partial charge in [-0.25, -0.2) is 9.38 Å². The zero-order valence-electron chi connectivity index (χ0n) is 13.0. The Bertz CT molecular complexity index is 763. The van der Waals surface area contributed by atoms with E-state index in [-0.39, 0.29) is 16.9 Å². The molecular formula is C16H11F7N2S. The van der Waals surface area contributed by atoms with Crippen LogP contribution < -0.4 is 5.32 Å². The van der Waals surface area contributed by atoms with Crippen molar-refractivity contribution in [3.8, 4) is 0 Å². The molecule has 0 heterocycles. The molecule has 26 heavy (non-hydrogen) atoms. The maximum atomic E-state index is 12.9. The van der Waals surface area contributed by atoms with Gasteiger partial charge in [-0.2, -0.15) is 26.3 Å². The number of hydrogen-bond acceptors (Lipinski definition) is 2. The summed E-state index contributed by atoms with van der Waals surface area (Å²) < 4.78 is 90.1. The molecule has 0 amide bonds. The Morgan fingerprint density at radius 3 is 1.81 bits per heavy atom. The maximum absolute atomic E-state index is 12.9. The lowest BCUT2D eigenvalue weighted by Gasteiger charge is -2.15. The number of amidine groups is 1. The average Bonchev–Trinajstić information content (AvgIpc) is 2.54. The van der Waals surface area contributed by atoms with Crippen molar-refractivity contribution in [2.24, 2.45) is 4.99 Å². The summed E-state index contributed by atoms with van der Waals surface area (Å²) in [6.07, 6.45) is -8.34. The van der Waals surface area contributed by atoms with Crippen LogP contribution in [0.1, 0.15) is 11.1 Å². The minimum atomic E-state index is -4.94. The van der Waals surface area contributed by atoms with E-state index >= 15 is 0 Å². The number of aliphatic imine (C=N–C) groups is 1. The lowest BCUT2D eigenvalue weighted by Crippen LogP contribution is -2.14. The summed E-state index contributed by atoms with van der Waals surface area (Å²) in [7, 11) is 0. The molecule has 0 fully saturated rings. The van der Waals surface area contributed by atoms with E-state index in [4.69, 9.17) is 0 Å². The first-order chi connectivity index (χ1) is 12.0. The number of halogens is 7. The summed E-state index contributed by atoms with van der Waals surface area (Å²) in [6.45, 7) is 0. The van der Waals surface area contributed by atoms with E-state index in [1.54, 1.807) is 0 Å². The lowest BCUT2D eigenvalue weighted by molar-refractivity contribution is -0.143. The van der Waals surface area contributed by atoms with E-state index in [2.05, 4.69) is 10.3 Å². The first-order valence-corrected chi connectivity index (χ1v) is 8.16. The van der Waals surface area contributed by atoms with Crippen LogP contribution in [0.2, 0.25) is 0 Å². The van der Waals surface area contributed by atoms with Crippen molar-refractivity contribution in [2.75, 3.05) is 11.6 Å². The number of hydrogen-bond donors (Lipinski definition) is 1. The molecular weight excluding hydrogens is 385 g/mol. The van der Waals surface area contributed by atoms with Crippen molar-refractivity contribution in [1.82, 2.24) is 0 Å². The topological polar surface area (TPSA) is 24.4 Å². The highest BCUT2D eigenvalue weighted by Gasteiger charge is 2.37. The number of nitrogens with one attached hydrogen (secondary N) is 1. The Labute approximate surface area is 148 Å². The predicted molar refractivity (Wildman–Crippen MR) is 87.1 cm³/mol. The van der Waals surface area contributed by atoms with E-state index < -0.39 is 35.0 Å². The van der Waals surface area contributed by atoms with Crippen LogP contribution in [0.4, 0.5) is 42.1 Å². The second kappa shape index (κ2) is 7.56. The highest BCUT2D eigenvalue weighted by Crippen LogP contribution is 2.37. The van der Waals surface area contributed by atoms with Gasteiger partial charge in [0, 0.05) is 5.69 Å². The molecule has 0 aliphatic heterocycles. The van der Waals surface area contributed by atoms with Gasteiger partial charge in [0.25, 0.3) is 0 Å². The van der Waals surface area contributed by atoms with Crippen molar-refractivity contribution in [3.63, 3.8) is 0 Å². The quantitative estimate of drug-likeness (QED) is 0.365. The van der Waals surface area contributed by atoms with Crippen molar-refractivity contribution in [1.29, 1.82) is 0 Å². The van der Waals surface area contributed by atoms with Gasteiger partial charge < -0.3 is 5.32 Å². The maximum Gasteiger partial charge on any atom is 0.416 e. The fraction of sp³-hybridized carbons (Fsp3) is 0.188. The molecule has 0 radical (unpaired) electrons. The van der Waals surface area contributed by atoms with Gasteiger partial charge in [-0.15, -0.1) is 0 Å². The van der Waals surface area contributed by atoms with Crippen molar-refractivity contribution >= 4 is 28.3 Å². The number of rotatable bonds is 2. The first-order valence-electron chi connectivity index (χ1n) is 6.94. The summed E-state index contributed by atoms with van der Waals surface area (Å²) in [4.78, 5) is 4.04. The molecule has 0 spiro atoms. The molecule has 1 N–H and O–H groups in total. The molecule has 140 valence electrons. The third-order valence-corrected chi connectivity index (χ3v) is 3.67. The Balaban J connectivity index is 2.41. The lowest BCUT2D eigenvalue weighted by atomic mass is 10.1. The molecule has 0 aliphatic rings. The summed E-state index contributed by atoms with van der Waals surface area (Å²) >= 11 is 0.973. The number of nitrogens with zero attached hydrogens (tertiary/aromatic N) is 1. The molecule has 0 saturated carbocycles. The second-order valence-corrected chi connectivity index (χ2v) is 5.81. The number of anilines is 1. The number of alkyl halides is 6. The Morgan fingerprint density at radius 2 is 1.38 bits per heavy atom. The zero-order valence-corrected chi connectivity index (χ0v) is 13.9. The summed E-state index contributed by atoms with van der Waals surface area (Å²) in [6, 6.07) is 6.06. The van der Waals surface area contributed by atoms with E-state index in [9.17, 15) is 30.7 Å². The molecule has 2 rings (SSSR count). The van der Waals surface area contributed by atoms with Crippen LogP contribution in [-0.4, -0.2) is 11.4 Å². The Morgan fingerprint density at radius 1 is 0.885 bits per heavy atom. The molecule has 2 nitrogen and oxygen atoms in total. The van der Waals surface area contributed by atoms with Crippen LogP contribution in [0, 0.1) is 5.82 Å². The Kier molecular flexibility index (Phi) is 5.84. The first kappa shape index (κ1) is 20.1. The van der Waals surface area contributed by atoms with Gasteiger partial charge in [0.2, 0.25) is 0 Å². The van der Waals surface area contributed by atoms with Crippen molar-refractivity contribution < 1.29 is 30.7 Å². The van der Waals surface area contributed by atoms with Gasteiger partial charge in [0.05, 0.1) is 16.8 Å². The van der Waals surface area contributed by atoms with E-state index in [0.29, 0.717) is 12.1 Å². The van der Waals surface area contributed by atoms with Gasteiger partial charge in [-0.05, 0) is 48.7 Å². The average molecular weight is 396 g/mol. The van der Waals surface area contributed by atoms with Crippen molar-refractivity contribution in [2.45, 2.75) is 12.4 Å². The van der Waals surface area contributed by atoms with Crippen LogP contribution >= 0.6 is 11.8 Å². The van der Waals surface area contributed by atoms with Crippen LogP contribution in [0.25, 0.3) is 0 Å². The minimum Gasteiger partial charge on any atom is -0.335 e. The smallest absolute Gasteiger partial charge is 0.335 e. The minimum absolute atomic E-state index is 0.0427. The van der Waals surface area contributed by atoms with Crippen LogP contribution in [0.5, 0.6) is 0 Å². The van der Waals surface area contributed by atoms with E-state index in [1.807, 2.05) is 0 Å². The van der Waals surface area contributed by atoms with E-state index in [1.165, 1.54) is 18.4 Å². The van der Waals surface area contributed by atoms with Gasteiger partial charge >= 0.3 is 12.4 Å². The van der Waals surface area contributed by atoms with Crippen LogP contribution in [0.3, 0.4) is 0 Å². The molecule has 0 unspecified atom stereocenters. The van der Waals surface area contributed by atoms with Gasteiger partial charge in [-0.3, -0.25) is 0 Å². The normalized spacial score (nSPS) is 13.0. The molecule has 10 heteroatoms. The molecule has 0 aromatic heterocycles. The van der Waals surface area contributed by atoms with E-state index in [0.717, 1.165) is 23.9 Å². The van der Waals surface area contributed by atoms with Crippen LogP contribution in [0.15, 0.2) is 47.5 Å². The monoisotopic (exact) mass is 396 g/mol. The van der Waals surface area contributed by atoms with Gasteiger partial charge in [0.1, 0.15) is 5.82 Å². The van der Waals surface area contributed by atoms with Crippen molar-refractivity contribution in [3.05, 3.63) is 59.4 Å². The number of benzene rings is 2. The summed E-state index contributed by atoms with van der Waals surface area (Å²) in [5.41, 5.74) is -3.00. The largest absolute Gasteiger partial charge is 0.416 e. The highest BCUT2D eigenvalue weighted by molar-refractivity contribution is 8.13. The Hall–Kier alpha value is -2.23. The van der Waals surface area contributed by atoms with Crippen LogP contribution in [-0.2, 0) is 12.4 Å². The predicted octanol–water partition coefficient (Wildman–Crippen LogP) is 6.33. The van der Waals surface area contributed by atoms with Gasteiger partial charge in [0.15, 0.2) is 5.17 Å². The number of thioether (sulfide) groups is 1. The van der Waals surface area contributed by atoms with Gasteiger partial charge in [-0.1, -0.05) is 11.8 Å². The molecule has 0 bridgehead atoms. The molecule has 2 aromatic rings. The summed E-state index contributed by atoms with van der Waals surface area (Å²) in [5, 5.41) is 2.48. The molecule has 0 saturated heterocycles. The molecule has 2 aromatic carbocycles. The zero-order chi connectivity index (χ0) is 19.5. The fourth-order valence-electron chi connectivity index (χ4n) is 1.91. The second-order valence-electron chi connectivity index (χ2n) is 5.02. The highest BCUT2D eigenvalue weighted by atomic mass is 32.2. The molecule has 0 atom stereocenters. The SMILES string of the molecule is CSC(=Nc1ccc(F)cc1)Nc1cc(C(F)(F)F)cc(C(F)(F)F)c1. The third-order valence-electron chi connectivity index (χ3n) is 3.09. The fourth-order valence-corrected chi connectivity index (χ4v) is 2.32. The standard InChI is InChI=1S/C16H11F7N2S/c1-26-14(24-12-4-2-11(17)3-5-12)25-13-7-9(15(18,19)20)6-10(8-13)16(21,22)23/h2-8H,1H3,(H,24,25). The third kappa shape index (κ3) is 5.38. The molecule has 0 aliphatic carbocycles.